The molecular formula is C15H21NO3. The highest BCUT2D eigenvalue weighted by Gasteiger charge is 2.13. The monoisotopic (exact) mass is 263 g/mol. The topological polar surface area (TPSA) is 47.6 Å². The maximum Gasteiger partial charge on any atom is 0.224 e. The molecule has 1 aromatic rings. The molecule has 0 spiro atoms. The number of nitrogens with one attached hydrogen (secondary N) is 1. The number of hydrogen-bond donors (Lipinski definition) is 1. The van der Waals surface area contributed by atoms with Crippen LogP contribution in [0.5, 0.6) is 11.5 Å². The third-order valence-electron chi connectivity index (χ3n) is 3.10. The van der Waals surface area contributed by atoms with E-state index >= 15 is 0 Å². The van der Waals surface area contributed by atoms with Crippen LogP contribution in [0.25, 0.3) is 0 Å². The van der Waals surface area contributed by atoms with E-state index in [-0.39, 0.29) is 11.9 Å². The van der Waals surface area contributed by atoms with E-state index in [1.807, 2.05) is 25.1 Å². The fraction of sp³-hybridized carbons (Fsp3) is 0.533. The molecule has 1 aliphatic heterocycles. The average Bonchev–Trinajstić information content (AvgIpc) is 2.38. The first-order valence-corrected chi connectivity index (χ1v) is 6.87. The van der Waals surface area contributed by atoms with E-state index in [4.69, 9.17) is 9.47 Å². The van der Waals surface area contributed by atoms with Gasteiger partial charge in [-0.05, 0) is 31.0 Å². The Morgan fingerprint density at radius 3 is 2.79 bits per heavy atom. The van der Waals surface area contributed by atoms with Crippen molar-refractivity contribution in [2.45, 2.75) is 39.2 Å². The molecule has 4 heteroatoms. The number of benzene rings is 1. The van der Waals surface area contributed by atoms with Crippen molar-refractivity contribution in [2.75, 3.05) is 13.2 Å². The highest BCUT2D eigenvalue weighted by atomic mass is 16.6. The smallest absolute Gasteiger partial charge is 0.224 e. The Morgan fingerprint density at radius 2 is 2.05 bits per heavy atom. The Morgan fingerprint density at radius 1 is 1.32 bits per heavy atom. The molecule has 0 bridgehead atoms. The molecule has 1 heterocycles. The lowest BCUT2D eigenvalue weighted by Gasteiger charge is -2.19. The Labute approximate surface area is 114 Å². The Balaban J connectivity index is 1.93. The minimum atomic E-state index is 0.0534. The molecule has 0 radical (unpaired) electrons. The molecule has 19 heavy (non-hydrogen) atoms. The predicted octanol–water partition coefficient (Wildman–Crippen LogP) is 2.31. The molecule has 1 atom stereocenters. The molecule has 1 aliphatic rings. The molecule has 1 amide bonds. The molecule has 0 unspecified atom stereocenters. The van der Waals surface area contributed by atoms with Crippen LogP contribution in [0.15, 0.2) is 18.2 Å². The fourth-order valence-electron chi connectivity index (χ4n) is 2.21. The minimum absolute atomic E-state index is 0.0534. The summed E-state index contributed by atoms with van der Waals surface area (Å²) in [5.74, 6) is 1.55. The van der Waals surface area contributed by atoms with E-state index in [1.165, 1.54) is 0 Å². The van der Waals surface area contributed by atoms with E-state index in [9.17, 15) is 4.79 Å². The van der Waals surface area contributed by atoms with Crippen molar-refractivity contribution in [3.05, 3.63) is 23.8 Å². The molecule has 4 nitrogen and oxygen atoms in total. The first kappa shape index (κ1) is 13.7. The predicted molar refractivity (Wildman–Crippen MR) is 73.6 cm³/mol. The van der Waals surface area contributed by atoms with Crippen LogP contribution in [-0.2, 0) is 11.2 Å². The molecule has 0 saturated heterocycles. The van der Waals surface area contributed by atoms with Gasteiger partial charge in [-0.2, -0.15) is 0 Å². The summed E-state index contributed by atoms with van der Waals surface area (Å²) in [6.45, 7) is 5.30. The van der Waals surface area contributed by atoms with Crippen LogP contribution in [0.1, 0.15) is 32.3 Å². The standard InChI is InChI=1S/C15H21NO3/c1-3-4-11(2)16-15(17)10-12-5-6-13-14(9-12)19-8-7-18-13/h5-6,9,11H,3-4,7-8,10H2,1-2H3,(H,16,17)/t11-/m0/s1. The summed E-state index contributed by atoms with van der Waals surface area (Å²) in [6, 6.07) is 5.90. The molecule has 0 fully saturated rings. The second-order valence-electron chi connectivity index (χ2n) is 4.91. The van der Waals surface area contributed by atoms with Crippen LogP contribution in [0.2, 0.25) is 0 Å². The second kappa shape index (κ2) is 6.45. The zero-order valence-electron chi connectivity index (χ0n) is 11.6. The van der Waals surface area contributed by atoms with Crippen LogP contribution in [-0.4, -0.2) is 25.2 Å². The first-order chi connectivity index (χ1) is 9.19. The third-order valence-corrected chi connectivity index (χ3v) is 3.10. The van der Waals surface area contributed by atoms with Crippen LogP contribution in [0, 0.1) is 0 Å². The highest BCUT2D eigenvalue weighted by molar-refractivity contribution is 5.79. The summed E-state index contributed by atoms with van der Waals surface area (Å²) in [5.41, 5.74) is 0.949. The van der Waals surface area contributed by atoms with E-state index in [1.54, 1.807) is 0 Å². The van der Waals surface area contributed by atoms with Crippen molar-refractivity contribution >= 4 is 5.91 Å². The number of amides is 1. The van der Waals surface area contributed by atoms with E-state index in [2.05, 4.69) is 12.2 Å². The summed E-state index contributed by atoms with van der Waals surface area (Å²) in [7, 11) is 0. The molecule has 104 valence electrons. The maximum atomic E-state index is 11.9. The van der Waals surface area contributed by atoms with Crippen molar-refractivity contribution in [3.63, 3.8) is 0 Å². The highest BCUT2D eigenvalue weighted by Crippen LogP contribution is 2.30. The van der Waals surface area contributed by atoms with Crippen molar-refractivity contribution in [2.24, 2.45) is 0 Å². The molecule has 1 aromatic carbocycles. The van der Waals surface area contributed by atoms with Gasteiger partial charge in [0.05, 0.1) is 6.42 Å². The summed E-state index contributed by atoms with van der Waals surface area (Å²) in [4.78, 5) is 11.9. The van der Waals surface area contributed by atoms with Crippen LogP contribution in [0.3, 0.4) is 0 Å². The van der Waals surface area contributed by atoms with Crippen molar-refractivity contribution in [1.29, 1.82) is 0 Å². The molecule has 1 N–H and O–H groups in total. The van der Waals surface area contributed by atoms with Gasteiger partial charge in [0.25, 0.3) is 0 Å². The Kier molecular flexibility index (Phi) is 4.66. The average molecular weight is 263 g/mol. The van der Waals surface area contributed by atoms with Gasteiger partial charge in [0.2, 0.25) is 5.91 Å². The van der Waals surface area contributed by atoms with Crippen LogP contribution < -0.4 is 14.8 Å². The summed E-state index contributed by atoms with van der Waals surface area (Å²) < 4.78 is 11.0. The number of hydrogen-bond acceptors (Lipinski definition) is 3. The largest absolute Gasteiger partial charge is 0.486 e. The Bertz CT molecular complexity index is 445. The van der Waals surface area contributed by atoms with Crippen molar-refractivity contribution < 1.29 is 14.3 Å². The van der Waals surface area contributed by atoms with Gasteiger partial charge in [0.15, 0.2) is 11.5 Å². The molecule has 0 saturated carbocycles. The number of fused-ring (bicyclic) bond motifs is 1. The summed E-state index contributed by atoms with van der Waals surface area (Å²) in [6.07, 6.45) is 2.46. The second-order valence-corrected chi connectivity index (χ2v) is 4.91. The van der Waals surface area contributed by atoms with Crippen molar-refractivity contribution in [1.82, 2.24) is 5.32 Å². The Hall–Kier alpha value is -1.71. The normalized spacial score (nSPS) is 14.8. The van der Waals surface area contributed by atoms with Gasteiger partial charge in [0.1, 0.15) is 13.2 Å². The third kappa shape index (κ3) is 3.88. The van der Waals surface area contributed by atoms with Gasteiger partial charge < -0.3 is 14.8 Å². The lowest BCUT2D eigenvalue weighted by atomic mass is 10.1. The van der Waals surface area contributed by atoms with Gasteiger partial charge in [-0.15, -0.1) is 0 Å². The number of rotatable bonds is 5. The van der Waals surface area contributed by atoms with Crippen molar-refractivity contribution in [3.8, 4) is 11.5 Å². The zero-order valence-corrected chi connectivity index (χ0v) is 11.6. The quantitative estimate of drug-likeness (QED) is 0.886. The lowest BCUT2D eigenvalue weighted by Crippen LogP contribution is -2.33. The van der Waals surface area contributed by atoms with Gasteiger partial charge in [-0.3, -0.25) is 4.79 Å². The lowest BCUT2D eigenvalue weighted by molar-refractivity contribution is -0.121. The first-order valence-electron chi connectivity index (χ1n) is 6.87. The minimum Gasteiger partial charge on any atom is -0.486 e. The van der Waals surface area contributed by atoms with Gasteiger partial charge in [-0.25, -0.2) is 0 Å². The van der Waals surface area contributed by atoms with E-state index in [0.29, 0.717) is 19.6 Å². The number of carbonyl (C=O) groups is 1. The summed E-state index contributed by atoms with van der Waals surface area (Å²) in [5, 5.41) is 3.00. The summed E-state index contributed by atoms with van der Waals surface area (Å²) >= 11 is 0. The van der Waals surface area contributed by atoms with Crippen LogP contribution in [0.4, 0.5) is 0 Å². The number of carbonyl (C=O) groups excluding carboxylic acids is 1. The van der Waals surface area contributed by atoms with E-state index in [0.717, 1.165) is 29.9 Å². The SMILES string of the molecule is CCC[C@H](C)NC(=O)Cc1ccc2c(c1)OCCO2. The van der Waals surface area contributed by atoms with E-state index < -0.39 is 0 Å². The molecule has 0 aromatic heterocycles. The van der Waals surface area contributed by atoms with Crippen LogP contribution >= 0.6 is 0 Å². The number of ether oxygens (including phenoxy) is 2. The van der Waals surface area contributed by atoms with Gasteiger partial charge >= 0.3 is 0 Å². The molecule has 0 aliphatic carbocycles. The molecule has 2 rings (SSSR count). The van der Waals surface area contributed by atoms with Gasteiger partial charge in [0, 0.05) is 6.04 Å². The molecular weight excluding hydrogens is 242 g/mol. The fourth-order valence-corrected chi connectivity index (χ4v) is 2.21. The maximum absolute atomic E-state index is 11.9. The van der Waals surface area contributed by atoms with Gasteiger partial charge in [-0.1, -0.05) is 19.4 Å². The zero-order chi connectivity index (χ0) is 13.7.